The molecule has 0 saturated carbocycles. The Morgan fingerprint density at radius 2 is 1.72 bits per heavy atom. The van der Waals surface area contributed by atoms with Gasteiger partial charge >= 0.3 is 6.18 Å². The largest absolute Gasteiger partial charge is 0.416 e. The van der Waals surface area contributed by atoms with Gasteiger partial charge in [0.25, 0.3) is 0 Å². The van der Waals surface area contributed by atoms with E-state index in [2.05, 4.69) is 15.9 Å². The summed E-state index contributed by atoms with van der Waals surface area (Å²) in [5.74, 6) is 0. The van der Waals surface area contributed by atoms with Gasteiger partial charge in [-0.3, -0.25) is 0 Å². The topological polar surface area (TPSA) is 37.4 Å². The van der Waals surface area contributed by atoms with Gasteiger partial charge in [-0.15, -0.1) is 0 Å². The Kier molecular flexibility index (Phi) is 4.79. The van der Waals surface area contributed by atoms with Crippen molar-refractivity contribution in [1.29, 1.82) is 0 Å². The molecule has 0 heterocycles. The summed E-state index contributed by atoms with van der Waals surface area (Å²) in [4.78, 5) is 0. The Morgan fingerprint density at radius 1 is 1.22 bits per heavy atom. The Bertz CT molecular complexity index is 499. The van der Waals surface area contributed by atoms with Gasteiger partial charge in [0.05, 0.1) is 5.56 Å². The Hall–Kier alpha value is -0.600. The van der Waals surface area contributed by atoms with Crippen molar-refractivity contribution in [1.82, 2.24) is 4.31 Å². The van der Waals surface area contributed by atoms with Crippen molar-refractivity contribution in [2.75, 3.05) is 11.7 Å². The number of rotatable bonds is 4. The number of nitrogens with zero attached hydrogens (tertiary/aromatic N) is 1. The van der Waals surface area contributed by atoms with Crippen molar-refractivity contribution in [3.05, 3.63) is 35.4 Å². The first-order valence-electron chi connectivity index (χ1n) is 4.83. The van der Waals surface area contributed by atoms with Gasteiger partial charge in [0, 0.05) is 13.6 Å². The van der Waals surface area contributed by atoms with Crippen LogP contribution in [0.25, 0.3) is 0 Å². The molecule has 0 radical (unpaired) electrons. The van der Waals surface area contributed by atoms with Crippen LogP contribution in [-0.2, 0) is 22.7 Å². The minimum absolute atomic E-state index is 0.0338. The first-order valence-corrected chi connectivity index (χ1v) is 7.56. The maximum Gasteiger partial charge on any atom is 0.416 e. The maximum absolute atomic E-state index is 12.3. The van der Waals surface area contributed by atoms with Crippen molar-refractivity contribution >= 4 is 26.0 Å². The quantitative estimate of drug-likeness (QED) is 0.787. The van der Waals surface area contributed by atoms with Crippen LogP contribution in [-0.4, -0.2) is 24.4 Å². The monoisotopic (exact) mass is 345 g/mol. The first kappa shape index (κ1) is 15.5. The van der Waals surface area contributed by atoms with Crippen LogP contribution in [0, 0.1) is 0 Å². The lowest BCUT2D eigenvalue weighted by Crippen LogP contribution is -2.27. The van der Waals surface area contributed by atoms with Crippen LogP contribution < -0.4 is 0 Å². The molecule has 0 aromatic heterocycles. The maximum atomic E-state index is 12.3. The fraction of sp³-hybridized carbons (Fsp3) is 0.400. The molecule has 0 aliphatic carbocycles. The van der Waals surface area contributed by atoms with Gasteiger partial charge < -0.3 is 0 Å². The summed E-state index contributed by atoms with van der Waals surface area (Å²) in [7, 11) is -2.04. The molecule has 18 heavy (non-hydrogen) atoms. The van der Waals surface area contributed by atoms with Gasteiger partial charge in [0.2, 0.25) is 10.0 Å². The molecule has 0 bridgehead atoms. The average Bonchev–Trinajstić information content (AvgIpc) is 2.28. The van der Waals surface area contributed by atoms with Crippen LogP contribution in [0.3, 0.4) is 0 Å². The molecule has 0 amide bonds. The predicted molar refractivity (Wildman–Crippen MR) is 65.6 cm³/mol. The Balaban J connectivity index is 2.82. The van der Waals surface area contributed by atoms with Crippen LogP contribution in [0.15, 0.2) is 24.3 Å². The zero-order chi connectivity index (χ0) is 14.0. The number of sulfonamides is 1. The third-order valence-corrected chi connectivity index (χ3v) is 5.39. The van der Waals surface area contributed by atoms with E-state index in [1.54, 1.807) is 0 Å². The molecule has 0 unspecified atom stereocenters. The molecule has 102 valence electrons. The number of hydrogen-bond acceptors (Lipinski definition) is 2. The fourth-order valence-corrected chi connectivity index (χ4v) is 2.80. The summed E-state index contributed by atoms with van der Waals surface area (Å²) < 4.78 is 60.6. The van der Waals surface area contributed by atoms with Crippen LogP contribution in [0.2, 0.25) is 0 Å². The van der Waals surface area contributed by atoms with E-state index >= 15 is 0 Å². The zero-order valence-corrected chi connectivity index (χ0v) is 11.8. The molecule has 0 N–H and O–H groups in total. The normalized spacial score (nSPS) is 13.0. The second-order valence-electron chi connectivity index (χ2n) is 3.67. The highest BCUT2D eigenvalue weighted by molar-refractivity contribution is 9.10. The van der Waals surface area contributed by atoms with E-state index in [0.29, 0.717) is 5.56 Å². The molecule has 0 spiro atoms. The number of hydrogen-bond donors (Lipinski definition) is 0. The predicted octanol–water partition coefficient (Wildman–Crippen LogP) is 2.82. The molecule has 0 saturated heterocycles. The van der Waals surface area contributed by atoms with E-state index in [0.717, 1.165) is 16.4 Å². The first-order chi connectivity index (χ1) is 8.16. The van der Waals surface area contributed by atoms with Crippen LogP contribution in [0.5, 0.6) is 0 Å². The van der Waals surface area contributed by atoms with E-state index in [-0.39, 0.29) is 11.2 Å². The second-order valence-corrected chi connectivity index (χ2v) is 7.05. The summed E-state index contributed by atoms with van der Waals surface area (Å²) in [5.41, 5.74) is -0.257. The Morgan fingerprint density at radius 3 is 2.11 bits per heavy atom. The van der Waals surface area contributed by atoms with E-state index in [9.17, 15) is 21.6 Å². The SMILES string of the molecule is CN(Cc1ccc(C(F)(F)F)cc1)S(=O)(=O)CBr. The molecule has 0 aliphatic heterocycles. The fourth-order valence-electron chi connectivity index (χ4n) is 1.24. The van der Waals surface area contributed by atoms with E-state index in [1.807, 2.05) is 0 Å². The summed E-state index contributed by atoms with van der Waals surface area (Å²) in [6.45, 7) is 0.0338. The minimum Gasteiger partial charge on any atom is -0.211 e. The molecule has 0 aliphatic rings. The zero-order valence-electron chi connectivity index (χ0n) is 9.41. The lowest BCUT2D eigenvalue weighted by molar-refractivity contribution is -0.137. The summed E-state index contributed by atoms with van der Waals surface area (Å²) in [5, 5.41) is 0. The summed E-state index contributed by atoms with van der Waals surface area (Å²) in [6.07, 6.45) is -4.38. The lowest BCUT2D eigenvalue weighted by atomic mass is 10.1. The minimum atomic E-state index is -4.38. The van der Waals surface area contributed by atoms with Gasteiger partial charge in [0.1, 0.15) is 4.66 Å². The van der Waals surface area contributed by atoms with Crippen molar-refractivity contribution in [2.24, 2.45) is 0 Å². The second kappa shape index (κ2) is 5.58. The summed E-state index contributed by atoms with van der Waals surface area (Å²) in [6, 6.07) is 4.40. The smallest absolute Gasteiger partial charge is 0.211 e. The molecule has 8 heteroatoms. The molecule has 0 fully saturated rings. The Labute approximate surface area is 112 Å². The van der Waals surface area contributed by atoms with Crippen molar-refractivity contribution in [3.8, 4) is 0 Å². The lowest BCUT2D eigenvalue weighted by Gasteiger charge is -2.15. The van der Waals surface area contributed by atoms with Crippen LogP contribution >= 0.6 is 15.9 Å². The van der Waals surface area contributed by atoms with Gasteiger partial charge in [-0.1, -0.05) is 28.1 Å². The third kappa shape index (κ3) is 3.96. The number of benzene rings is 1. The molecule has 1 aromatic rings. The molecule has 0 atom stereocenters. The van der Waals surface area contributed by atoms with Gasteiger partial charge in [-0.05, 0) is 17.7 Å². The third-order valence-electron chi connectivity index (χ3n) is 2.30. The van der Waals surface area contributed by atoms with Gasteiger partial charge in [-0.2, -0.15) is 17.5 Å². The van der Waals surface area contributed by atoms with E-state index in [4.69, 9.17) is 0 Å². The highest BCUT2D eigenvalue weighted by Gasteiger charge is 2.30. The number of halogens is 4. The van der Waals surface area contributed by atoms with Gasteiger partial charge in [-0.25, -0.2) is 8.42 Å². The molecular weight excluding hydrogens is 335 g/mol. The van der Waals surface area contributed by atoms with Gasteiger partial charge in [0.15, 0.2) is 0 Å². The molecule has 1 rings (SSSR count). The van der Waals surface area contributed by atoms with E-state index < -0.39 is 21.8 Å². The molecule has 1 aromatic carbocycles. The van der Waals surface area contributed by atoms with Crippen LogP contribution in [0.4, 0.5) is 13.2 Å². The highest BCUT2D eigenvalue weighted by atomic mass is 79.9. The standard InChI is InChI=1S/C10H11BrF3NO2S/c1-15(18(16,17)7-11)6-8-2-4-9(5-3-8)10(12,13)14/h2-5H,6-7H2,1H3. The summed E-state index contributed by atoms with van der Waals surface area (Å²) >= 11 is 2.84. The van der Waals surface area contributed by atoms with E-state index in [1.165, 1.54) is 19.2 Å². The number of alkyl halides is 4. The molecule has 3 nitrogen and oxygen atoms in total. The van der Waals surface area contributed by atoms with Crippen molar-refractivity contribution in [3.63, 3.8) is 0 Å². The van der Waals surface area contributed by atoms with Crippen molar-refractivity contribution < 1.29 is 21.6 Å². The average molecular weight is 346 g/mol. The molecular formula is C10H11BrF3NO2S. The highest BCUT2D eigenvalue weighted by Crippen LogP contribution is 2.29. The van der Waals surface area contributed by atoms with Crippen molar-refractivity contribution in [2.45, 2.75) is 12.7 Å². The van der Waals surface area contributed by atoms with Crippen LogP contribution in [0.1, 0.15) is 11.1 Å².